The van der Waals surface area contributed by atoms with Crippen molar-refractivity contribution < 1.29 is 0 Å². The minimum absolute atomic E-state index is 0.614. The molecule has 0 saturated carbocycles. The van der Waals surface area contributed by atoms with Crippen molar-refractivity contribution in [2.45, 2.75) is 38.8 Å². The first-order valence-corrected chi connectivity index (χ1v) is 5.82. The van der Waals surface area contributed by atoms with Crippen molar-refractivity contribution >= 4 is 11.6 Å². The average Bonchev–Trinajstić information content (AvgIpc) is 2.15. The predicted octanol–water partition coefficient (Wildman–Crippen LogP) is 2.20. The van der Waals surface area contributed by atoms with Crippen LogP contribution in [0.5, 0.6) is 0 Å². The molecule has 14 heavy (non-hydrogen) atoms. The van der Waals surface area contributed by atoms with Crippen molar-refractivity contribution in [3.63, 3.8) is 0 Å². The third kappa shape index (κ3) is 3.60. The number of rotatable bonds is 4. The highest BCUT2D eigenvalue weighted by molar-refractivity contribution is 6.29. The molecule has 1 aliphatic rings. The van der Waals surface area contributed by atoms with Crippen molar-refractivity contribution in [1.29, 1.82) is 0 Å². The van der Waals surface area contributed by atoms with Gasteiger partial charge in [0.25, 0.3) is 0 Å². The zero-order chi connectivity index (χ0) is 10.6. The van der Waals surface area contributed by atoms with Gasteiger partial charge in [-0.3, -0.25) is 0 Å². The van der Waals surface area contributed by atoms with Crippen LogP contribution in [0.15, 0.2) is 11.6 Å². The molecule has 1 N–H and O–H groups in total. The molecule has 1 fully saturated rings. The molecule has 0 bridgehead atoms. The van der Waals surface area contributed by atoms with E-state index < -0.39 is 0 Å². The number of hydrogen-bond donors (Lipinski definition) is 1. The second kappa shape index (κ2) is 5.74. The van der Waals surface area contributed by atoms with Crippen LogP contribution in [0.25, 0.3) is 0 Å². The molecule has 1 aliphatic heterocycles. The van der Waals surface area contributed by atoms with E-state index in [1.165, 1.54) is 19.4 Å². The Morgan fingerprint density at radius 1 is 1.64 bits per heavy atom. The smallest absolute Gasteiger partial charge is 0.0310 e. The number of nitrogens with zero attached hydrogens (tertiary/aromatic N) is 1. The summed E-state index contributed by atoms with van der Waals surface area (Å²) in [5.74, 6) is 0. The maximum atomic E-state index is 5.72. The van der Waals surface area contributed by atoms with Crippen molar-refractivity contribution in [3.8, 4) is 0 Å². The Labute approximate surface area is 92.3 Å². The zero-order valence-corrected chi connectivity index (χ0v) is 9.98. The van der Waals surface area contributed by atoms with Gasteiger partial charge >= 0.3 is 0 Å². The van der Waals surface area contributed by atoms with Crippen molar-refractivity contribution in [2.24, 2.45) is 0 Å². The van der Waals surface area contributed by atoms with E-state index in [1.807, 2.05) is 0 Å². The minimum Gasteiger partial charge on any atom is -0.309 e. The lowest BCUT2D eigenvalue weighted by Gasteiger charge is -2.37. The van der Waals surface area contributed by atoms with Crippen molar-refractivity contribution in [3.05, 3.63) is 11.6 Å². The first-order chi connectivity index (χ1) is 6.63. The SMILES string of the molecule is C=C(Cl)CNC1CCN(CC)C(C)C1. The van der Waals surface area contributed by atoms with E-state index in [0.29, 0.717) is 17.1 Å². The Morgan fingerprint density at radius 2 is 2.36 bits per heavy atom. The molecule has 3 heteroatoms. The van der Waals surface area contributed by atoms with Gasteiger partial charge in [0.1, 0.15) is 0 Å². The quantitative estimate of drug-likeness (QED) is 0.775. The van der Waals surface area contributed by atoms with Gasteiger partial charge in [-0.25, -0.2) is 0 Å². The Bertz CT molecular complexity index is 194. The summed E-state index contributed by atoms with van der Waals surface area (Å²) in [5, 5.41) is 4.14. The van der Waals surface area contributed by atoms with Crippen molar-refractivity contribution in [2.75, 3.05) is 19.6 Å². The van der Waals surface area contributed by atoms with E-state index in [2.05, 4.69) is 30.6 Å². The number of piperidine rings is 1. The first kappa shape index (κ1) is 12.0. The largest absolute Gasteiger partial charge is 0.309 e. The van der Waals surface area contributed by atoms with E-state index in [9.17, 15) is 0 Å². The van der Waals surface area contributed by atoms with Crippen LogP contribution in [0.1, 0.15) is 26.7 Å². The molecule has 0 aromatic rings. The summed E-state index contributed by atoms with van der Waals surface area (Å²) in [6.45, 7) is 11.3. The maximum Gasteiger partial charge on any atom is 0.0310 e. The normalized spacial score (nSPS) is 29.1. The first-order valence-electron chi connectivity index (χ1n) is 5.44. The molecule has 2 atom stereocenters. The fourth-order valence-corrected chi connectivity index (χ4v) is 2.21. The van der Waals surface area contributed by atoms with Crippen LogP contribution in [0.4, 0.5) is 0 Å². The number of halogens is 1. The summed E-state index contributed by atoms with van der Waals surface area (Å²) in [6.07, 6.45) is 2.44. The summed E-state index contributed by atoms with van der Waals surface area (Å²) in [6, 6.07) is 1.30. The Morgan fingerprint density at radius 3 is 2.86 bits per heavy atom. The third-order valence-corrected chi connectivity index (χ3v) is 3.14. The molecule has 2 unspecified atom stereocenters. The van der Waals surface area contributed by atoms with Gasteiger partial charge < -0.3 is 10.2 Å². The molecule has 1 saturated heterocycles. The molecule has 2 nitrogen and oxygen atoms in total. The topological polar surface area (TPSA) is 15.3 Å². The number of likely N-dealkylation sites (tertiary alicyclic amines) is 1. The van der Waals surface area contributed by atoms with Crippen LogP contribution >= 0.6 is 11.6 Å². The summed E-state index contributed by atoms with van der Waals surface area (Å²) in [7, 11) is 0. The zero-order valence-electron chi connectivity index (χ0n) is 9.22. The van der Waals surface area contributed by atoms with E-state index in [-0.39, 0.29) is 0 Å². The van der Waals surface area contributed by atoms with Crippen LogP contribution in [0.3, 0.4) is 0 Å². The Hall–Kier alpha value is -0.0500. The van der Waals surface area contributed by atoms with Crippen LogP contribution in [-0.4, -0.2) is 36.6 Å². The van der Waals surface area contributed by atoms with Gasteiger partial charge in [0, 0.05) is 23.7 Å². The molecule has 0 aliphatic carbocycles. The van der Waals surface area contributed by atoms with Gasteiger partial charge in [0.2, 0.25) is 0 Å². The highest BCUT2D eigenvalue weighted by atomic mass is 35.5. The average molecular weight is 217 g/mol. The second-order valence-corrected chi connectivity index (χ2v) is 4.63. The monoisotopic (exact) mass is 216 g/mol. The molecular formula is C11H21ClN2. The van der Waals surface area contributed by atoms with E-state index >= 15 is 0 Å². The number of hydrogen-bond acceptors (Lipinski definition) is 2. The lowest BCUT2D eigenvalue weighted by molar-refractivity contribution is 0.144. The van der Waals surface area contributed by atoms with E-state index in [0.717, 1.165) is 13.1 Å². The highest BCUT2D eigenvalue weighted by Gasteiger charge is 2.23. The fraction of sp³-hybridized carbons (Fsp3) is 0.818. The van der Waals surface area contributed by atoms with Gasteiger partial charge in [-0.15, -0.1) is 0 Å². The van der Waals surface area contributed by atoms with Crippen LogP contribution in [-0.2, 0) is 0 Å². The molecule has 0 amide bonds. The van der Waals surface area contributed by atoms with Crippen LogP contribution in [0, 0.1) is 0 Å². The van der Waals surface area contributed by atoms with Crippen LogP contribution in [0.2, 0.25) is 0 Å². The van der Waals surface area contributed by atoms with Crippen molar-refractivity contribution in [1.82, 2.24) is 10.2 Å². The Kier molecular flexibility index (Phi) is 4.93. The molecule has 82 valence electrons. The van der Waals surface area contributed by atoms with E-state index in [1.54, 1.807) is 0 Å². The predicted molar refractivity (Wildman–Crippen MR) is 62.7 cm³/mol. The molecule has 0 spiro atoms. The van der Waals surface area contributed by atoms with Crippen LogP contribution < -0.4 is 5.32 Å². The Balaban J connectivity index is 2.27. The lowest BCUT2D eigenvalue weighted by Crippen LogP contribution is -2.47. The minimum atomic E-state index is 0.614. The molecule has 0 aromatic carbocycles. The van der Waals surface area contributed by atoms with Gasteiger partial charge in [-0.05, 0) is 32.9 Å². The van der Waals surface area contributed by atoms with E-state index in [4.69, 9.17) is 11.6 Å². The third-order valence-electron chi connectivity index (χ3n) is 3.00. The fourth-order valence-electron chi connectivity index (χ4n) is 2.13. The van der Waals surface area contributed by atoms with Gasteiger partial charge in [0.15, 0.2) is 0 Å². The standard InChI is InChI=1S/C11H21ClN2/c1-4-14-6-5-11(7-10(14)3)13-8-9(2)12/h10-11,13H,2,4-8H2,1,3H3. The maximum absolute atomic E-state index is 5.72. The second-order valence-electron chi connectivity index (χ2n) is 4.10. The summed E-state index contributed by atoms with van der Waals surface area (Å²) in [5.41, 5.74) is 0. The molecular weight excluding hydrogens is 196 g/mol. The molecule has 0 radical (unpaired) electrons. The molecule has 0 aromatic heterocycles. The van der Waals surface area contributed by atoms with Gasteiger partial charge in [0.05, 0.1) is 0 Å². The highest BCUT2D eigenvalue weighted by Crippen LogP contribution is 2.16. The number of nitrogens with one attached hydrogen (secondary N) is 1. The lowest BCUT2D eigenvalue weighted by atomic mass is 9.98. The van der Waals surface area contributed by atoms with Gasteiger partial charge in [-0.1, -0.05) is 25.1 Å². The van der Waals surface area contributed by atoms with Gasteiger partial charge in [-0.2, -0.15) is 0 Å². The summed E-state index contributed by atoms with van der Waals surface area (Å²) < 4.78 is 0. The molecule has 1 heterocycles. The molecule has 1 rings (SSSR count). The summed E-state index contributed by atoms with van der Waals surface area (Å²) >= 11 is 5.72. The summed E-state index contributed by atoms with van der Waals surface area (Å²) in [4.78, 5) is 2.52.